The first-order chi connectivity index (χ1) is 19.8. The minimum Gasteiger partial charge on any atom is -0.373 e. The molecule has 214 valence electrons. The van der Waals surface area contributed by atoms with Gasteiger partial charge in [-0.15, -0.1) is 0 Å². The Hall–Kier alpha value is -4.28. The largest absolute Gasteiger partial charge is 0.373 e. The third-order valence-corrected chi connectivity index (χ3v) is 8.28. The van der Waals surface area contributed by atoms with Gasteiger partial charge in [0.25, 0.3) is 0 Å². The number of aromatic nitrogens is 6. The number of fused-ring (bicyclic) bond motifs is 1. The Kier molecular flexibility index (Phi) is 7.42. The van der Waals surface area contributed by atoms with Gasteiger partial charge in [-0.2, -0.15) is 10.2 Å². The molecule has 11 heteroatoms. The van der Waals surface area contributed by atoms with Crippen molar-refractivity contribution in [3.8, 4) is 5.82 Å². The number of H-pyrrole nitrogens is 1. The number of aryl methyl sites for hydroxylation is 2. The molecule has 0 bridgehead atoms. The van der Waals surface area contributed by atoms with Gasteiger partial charge in [-0.25, -0.2) is 19.0 Å². The van der Waals surface area contributed by atoms with Crippen LogP contribution in [-0.4, -0.2) is 49.4 Å². The minimum atomic E-state index is -0.414. The summed E-state index contributed by atoms with van der Waals surface area (Å²) < 4.78 is 14.7. The summed E-state index contributed by atoms with van der Waals surface area (Å²) >= 11 is 0. The zero-order valence-electron chi connectivity index (χ0n) is 23.7. The van der Waals surface area contributed by atoms with Gasteiger partial charge in [0.2, 0.25) is 5.91 Å². The van der Waals surface area contributed by atoms with Gasteiger partial charge in [0.15, 0.2) is 17.5 Å². The number of aromatic amines is 1. The second kappa shape index (κ2) is 11.3. The van der Waals surface area contributed by atoms with Gasteiger partial charge in [-0.1, -0.05) is 6.07 Å². The maximum Gasteiger partial charge on any atom is 0.223 e. The summed E-state index contributed by atoms with van der Waals surface area (Å²) in [7, 11) is 2.16. The van der Waals surface area contributed by atoms with E-state index in [0.717, 1.165) is 79.9 Å². The van der Waals surface area contributed by atoms with Crippen molar-refractivity contribution < 1.29 is 9.18 Å². The summed E-state index contributed by atoms with van der Waals surface area (Å²) in [5.41, 5.74) is 5.60. The lowest BCUT2D eigenvalue weighted by molar-refractivity contribution is -0.126. The first-order valence-corrected chi connectivity index (χ1v) is 14.3. The van der Waals surface area contributed by atoms with E-state index in [1.807, 2.05) is 26.0 Å². The SMILES string of the molecule is Cc1cc(Nc2cc3c(c(C4CCC(C(=O)N[C@@H](C)c5ccc(-n6cc(F)cn6)nc5)CC4)n2)N(C)CCC3)n[nH]1. The molecule has 3 N–H and O–H groups in total. The molecule has 1 aliphatic carbocycles. The molecule has 0 saturated heterocycles. The van der Waals surface area contributed by atoms with Crippen molar-refractivity contribution in [3.05, 3.63) is 71.2 Å². The monoisotopic (exact) mass is 557 g/mol. The van der Waals surface area contributed by atoms with Crippen LogP contribution >= 0.6 is 0 Å². The highest BCUT2D eigenvalue weighted by Gasteiger charge is 2.32. The van der Waals surface area contributed by atoms with Crippen molar-refractivity contribution in [2.24, 2.45) is 5.92 Å². The van der Waals surface area contributed by atoms with Gasteiger partial charge >= 0.3 is 0 Å². The average molecular weight is 558 g/mol. The summed E-state index contributed by atoms with van der Waals surface area (Å²) in [4.78, 5) is 25.1. The molecule has 10 nitrogen and oxygen atoms in total. The third-order valence-electron chi connectivity index (χ3n) is 8.28. The van der Waals surface area contributed by atoms with E-state index in [1.165, 1.54) is 22.1 Å². The Balaban J connectivity index is 1.11. The fraction of sp³-hybridized carbons (Fsp3) is 0.433. The van der Waals surface area contributed by atoms with E-state index in [4.69, 9.17) is 4.98 Å². The van der Waals surface area contributed by atoms with Crippen LogP contribution in [0.25, 0.3) is 5.82 Å². The van der Waals surface area contributed by atoms with Crippen molar-refractivity contribution in [2.45, 2.75) is 64.3 Å². The molecule has 41 heavy (non-hydrogen) atoms. The predicted molar refractivity (Wildman–Crippen MR) is 155 cm³/mol. The number of nitrogens with zero attached hydrogens (tertiary/aromatic N) is 6. The average Bonchev–Trinajstić information content (AvgIpc) is 3.60. The van der Waals surface area contributed by atoms with Gasteiger partial charge in [0.1, 0.15) is 5.82 Å². The lowest BCUT2D eigenvalue weighted by Crippen LogP contribution is -2.35. The summed E-state index contributed by atoms with van der Waals surface area (Å²) in [5, 5.41) is 17.8. The zero-order chi connectivity index (χ0) is 28.5. The molecule has 1 fully saturated rings. The Morgan fingerprint density at radius 1 is 1.15 bits per heavy atom. The molecule has 0 unspecified atom stereocenters. The van der Waals surface area contributed by atoms with E-state index >= 15 is 0 Å². The number of hydrogen-bond acceptors (Lipinski definition) is 7. The number of anilines is 3. The number of pyridine rings is 2. The number of carbonyl (C=O) groups excluding carboxylic acids is 1. The van der Waals surface area contributed by atoms with E-state index in [1.54, 1.807) is 12.3 Å². The van der Waals surface area contributed by atoms with E-state index in [9.17, 15) is 9.18 Å². The van der Waals surface area contributed by atoms with Gasteiger partial charge in [0.05, 0.1) is 29.8 Å². The molecule has 4 aromatic rings. The van der Waals surface area contributed by atoms with Crippen molar-refractivity contribution in [2.75, 3.05) is 23.8 Å². The van der Waals surface area contributed by atoms with Crippen molar-refractivity contribution in [1.82, 2.24) is 35.3 Å². The first-order valence-electron chi connectivity index (χ1n) is 14.3. The van der Waals surface area contributed by atoms with Crippen molar-refractivity contribution >= 4 is 23.2 Å². The molecule has 2 aliphatic rings. The number of amides is 1. The number of nitrogens with one attached hydrogen (secondary N) is 3. The summed E-state index contributed by atoms with van der Waals surface area (Å²) in [5.74, 6) is 2.04. The van der Waals surface area contributed by atoms with Gasteiger partial charge in [-0.05, 0) is 75.6 Å². The van der Waals surface area contributed by atoms with Crippen LogP contribution in [0.3, 0.4) is 0 Å². The quantitative estimate of drug-likeness (QED) is 0.289. The lowest BCUT2D eigenvalue weighted by Gasteiger charge is -2.34. The number of halogens is 1. The van der Waals surface area contributed by atoms with Gasteiger partial charge in [0, 0.05) is 43.4 Å². The van der Waals surface area contributed by atoms with E-state index in [0.29, 0.717) is 11.7 Å². The van der Waals surface area contributed by atoms with E-state index in [-0.39, 0.29) is 17.9 Å². The standard InChI is InChI=1S/C30H36FN9O/c1-18-13-26(38-37-18)35-25-14-22-5-4-12-39(3)29(22)28(36-25)20-6-8-21(9-7-20)30(41)34-19(2)23-10-11-27(32-15-23)40-17-24(31)16-33-40/h10-11,13-17,19-21H,4-9,12H2,1-3H3,(H,34,41)(H2,35,36,37,38)/t19-,20?,21?/m0/s1. The molecule has 1 amide bonds. The molecular weight excluding hydrogens is 521 g/mol. The van der Waals surface area contributed by atoms with Crippen molar-refractivity contribution in [3.63, 3.8) is 0 Å². The fourth-order valence-electron chi connectivity index (χ4n) is 6.08. The highest BCUT2D eigenvalue weighted by molar-refractivity contribution is 5.79. The maximum atomic E-state index is 13.3. The molecule has 1 saturated carbocycles. The van der Waals surface area contributed by atoms with Crippen molar-refractivity contribution in [1.29, 1.82) is 0 Å². The van der Waals surface area contributed by atoms with Crippen LogP contribution in [0.2, 0.25) is 0 Å². The fourth-order valence-corrected chi connectivity index (χ4v) is 6.08. The molecule has 0 aromatic carbocycles. The van der Waals surface area contributed by atoms with E-state index < -0.39 is 5.82 Å². The van der Waals surface area contributed by atoms with Crippen LogP contribution in [0, 0.1) is 18.7 Å². The highest BCUT2D eigenvalue weighted by atomic mass is 19.1. The van der Waals surface area contributed by atoms with Crippen LogP contribution in [-0.2, 0) is 11.2 Å². The molecule has 0 radical (unpaired) electrons. The Morgan fingerprint density at radius 3 is 2.66 bits per heavy atom. The second-order valence-corrected chi connectivity index (χ2v) is 11.3. The molecule has 0 spiro atoms. The Bertz CT molecular complexity index is 1520. The Morgan fingerprint density at radius 2 is 1.98 bits per heavy atom. The van der Waals surface area contributed by atoms with Crippen LogP contribution in [0.15, 0.2) is 42.9 Å². The number of carbonyl (C=O) groups is 1. The summed E-state index contributed by atoms with van der Waals surface area (Å²) in [6, 6.07) is 7.61. The number of hydrogen-bond donors (Lipinski definition) is 3. The highest BCUT2D eigenvalue weighted by Crippen LogP contribution is 2.42. The second-order valence-electron chi connectivity index (χ2n) is 11.3. The van der Waals surface area contributed by atoms with Gasteiger partial charge in [-0.3, -0.25) is 9.89 Å². The van der Waals surface area contributed by atoms with E-state index in [2.05, 4.69) is 48.9 Å². The van der Waals surface area contributed by atoms with Crippen LogP contribution in [0.5, 0.6) is 0 Å². The molecular formula is C30H36FN9O. The smallest absolute Gasteiger partial charge is 0.223 e. The maximum absolute atomic E-state index is 13.3. The molecule has 1 aliphatic heterocycles. The third kappa shape index (κ3) is 5.79. The van der Waals surface area contributed by atoms with Crippen LogP contribution in [0.1, 0.15) is 73.5 Å². The predicted octanol–water partition coefficient (Wildman–Crippen LogP) is 5.11. The minimum absolute atomic E-state index is 0.0325. The topological polar surface area (TPSA) is 117 Å². The Labute approximate surface area is 238 Å². The van der Waals surface area contributed by atoms with Gasteiger partial charge < -0.3 is 15.5 Å². The molecule has 1 atom stereocenters. The lowest BCUT2D eigenvalue weighted by atomic mass is 9.78. The molecule has 6 rings (SSSR count). The summed E-state index contributed by atoms with van der Waals surface area (Å²) in [6.45, 7) is 4.96. The summed E-state index contributed by atoms with van der Waals surface area (Å²) in [6.07, 6.45) is 9.76. The number of rotatable bonds is 7. The molecule has 5 heterocycles. The first kappa shape index (κ1) is 26.9. The van der Waals surface area contributed by atoms with Crippen LogP contribution < -0.4 is 15.5 Å². The molecule has 4 aromatic heterocycles. The van der Waals surface area contributed by atoms with Crippen LogP contribution in [0.4, 0.5) is 21.7 Å². The zero-order valence-corrected chi connectivity index (χ0v) is 23.7. The normalized spacial score (nSPS) is 19.5.